The minimum absolute atomic E-state index is 0.00214. The Kier molecular flexibility index (Phi) is 3.64. The Morgan fingerprint density at radius 1 is 1.19 bits per heavy atom. The molecule has 0 aliphatic carbocycles. The number of rotatable bonds is 4. The molecule has 106 valence electrons. The SMILES string of the molecule is O=C(CCN1Cc2ccccc2C1=O)Nc1ccncc1. The molecule has 0 saturated carbocycles. The van der Waals surface area contributed by atoms with Crippen LogP contribution in [-0.4, -0.2) is 28.2 Å². The number of hydrogen-bond acceptors (Lipinski definition) is 3. The van der Waals surface area contributed by atoms with Crippen LogP contribution in [0.3, 0.4) is 0 Å². The molecule has 1 N–H and O–H groups in total. The number of benzene rings is 1. The summed E-state index contributed by atoms with van der Waals surface area (Å²) in [7, 11) is 0. The maximum Gasteiger partial charge on any atom is 0.254 e. The van der Waals surface area contributed by atoms with Crippen molar-refractivity contribution in [3.05, 3.63) is 59.9 Å². The van der Waals surface area contributed by atoms with Crippen LogP contribution < -0.4 is 5.32 Å². The van der Waals surface area contributed by atoms with Crippen LogP contribution in [0.25, 0.3) is 0 Å². The molecule has 2 amide bonds. The Bertz CT molecular complexity index is 670. The normalized spacial score (nSPS) is 13.1. The van der Waals surface area contributed by atoms with Crippen LogP contribution >= 0.6 is 0 Å². The molecular weight excluding hydrogens is 266 g/mol. The van der Waals surface area contributed by atoms with Crippen LogP contribution in [0.1, 0.15) is 22.3 Å². The highest BCUT2D eigenvalue weighted by molar-refractivity contribution is 5.98. The van der Waals surface area contributed by atoms with Crippen molar-refractivity contribution in [1.29, 1.82) is 0 Å². The standard InChI is InChI=1S/C16H15N3O2/c20-15(18-13-5-8-17-9-6-13)7-10-19-11-12-3-1-2-4-14(12)16(19)21/h1-6,8-9H,7,10-11H2,(H,17,18,20). The summed E-state index contributed by atoms with van der Waals surface area (Å²) in [4.78, 5) is 29.6. The van der Waals surface area contributed by atoms with E-state index in [2.05, 4.69) is 10.3 Å². The minimum atomic E-state index is -0.107. The van der Waals surface area contributed by atoms with Gasteiger partial charge in [-0.1, -0.05) is 18.2 Å². The predicted octanol–water partition coefficient (Wildman–Crippen LogP) is 2.07. The second kappa shape index (κ2) is 5.75. The summed E-state index contributed by atoms with van der Waals surface area (Å²) < 4.78 is 0. The molecule has 2 aromatic rings. The van der Waals surface area contributed by atoms with E-state index in [-0.39, 0.29) is 18.2 Å². The summed E-state index contributed by atoms with van der Waals surface area (Å²) >= 11 is 0. The van der Waals surface area contributed by atoms with E-state index in [0.29, 0.717) is 18.8 Å². The van der Waals surface area contributed by atoms with Gasteiger partial charge in [0.25, 0.3) is 5.91 Å². The van der Waals surface area contributed by atoms with E-state index in [1.54, 1.807) is 29.4 Å². The third kappa shape index (κ3) is 2.91. The second-order valence-electron chi connectivity index (χ2n) is 4.92. The Labute approximate surface area is 122 Å². The number of hydrogen-bond donors (Lipinski definition) is 1. The van der Waals surface area contributed by atoms with Crippen molar-refractivity contribution in [3.63, 3.8) is 0 Å². The van der Waals surface area contributed by atoms with Crippen molar-refractivity contribution in [2.45, 2.75) is 13.0 Å². The van der Waals surface area contributed by atoms with Crippen LogP contribution in [0.4, 0.5) is 5.69 Å². The van der Waals surface area contributed by atoms with Crippen molar-refractivity contribution >= 4 is 17.5 Å². The van der Waals surface area contributed by atoms with Crippen LogP contribution in [-0.2, 0) is 11.3 Å². The zero-order chi connectivity index (χ0) is 14.7. The first-order chi connectivity index (χ1) is 10.2. The van der Waals surface area contributed by atoms with Gasteiger partial charge in [0.1, 0.15) is 0 Å². The number of amides is 2. The molecule has 21 heavy (non-hydrogen) atoms. The molecule has 1 aliphatic rings. The topological polar surface area (TPSA) is 62.3 Å². The molecule has 2 heterocycles. The molecule has 0 radical (unpaired) electrons. The molecule has 0 fully saturated rings. The average Bonchev–Trinajstić information content (AvgIpc) is 2.83. The van der Waals surface area contributed by atoms with E-state index < -0.39 is 0 Å². The number of nitrogens with zero attached hydrogens (tertiary/aromatic N) is 2. The highest BCUT2D eigenvalue weighted by Crippen LogP contribution is 2.22. The summed E-state index contributed by atoms with van der Waals surface area (Å²) in [6, 6.07) is 11.0. The number of carbonyl (C=O) groups is 2. The Hall–Kier alpha value is -2.69. The first-order valence-corrected chi connectivity index (χ1v) is 6.81. The number of anilines is 1. The molecule has 0 unspecified atom stereocenters. The zero-order valence-corrected chi connectivity index (χ0v) is 11.5. The monoisotopic (exact) mass is 281 g/mol. The van der Waals surface area contributed by atoms with Crippen LogP contribution in [0, 0.1) is 0 Å². The summed E-state index contributed by atoms with van der Waals surface area (Å²) in [5.41, 5.74) is 2.48. The van der Waals surface area contributed by atoms with Gasteiger partial charge in [-0.25, -0.2) is 0 Å². The molecule has 0 atom stereocenters. The van der Waals surface area contributed by atoms with Gasteiger partial charge in [-0.3, -0.25) is 14.6 Å². The fourth-order valence-corrected chi connectivity index (χ4v) is 2.39. The van der Waals surface area contributed by atoms with E-state index in [9.17, 15) is 9.59 Å². The second-order valence-corrected chi connectivity index (χ2v) is 4.92. The van der Waals surface area contributed by atoms with Crippen molar-refractivity contribution in [1.82, 2.24) is 9.88 Å². The van der Waals surface area contributed by atoms with E-state index in [4.69, 9.17) is 0 Å². The van der Waals surface area contributed by atoms with Gasteiger partial charge in [0.15, 0.2) is 0 Å². The smallest absolute Gasteiger partial charge is 0.254 e. The summed E-state index contributed by atoms with van der Waals surface area (Å²) in [5, 5.41) is 2.78. The van der Waals surface area contributed by atoms with Crippen molar-refractivity contribution in [2.75, 3.05) is 11.9 Å². The molecule has 1 aromatic heterocycles. The van der Waals surface area contributed by atoms with E-state index in [0.717, 1.165) is 11.1 Å². The fourth-order valence-electron chi connectivity index (χ4n) is 2.39. The predicted molar refractivity (Wildman–Crippen MR) is 78.7 cm³/mol. The highest BCUT2D eigenvalue weighted by atomic mass is 16.2. The van der Waals surface area contributed by atoms with Gasteiger partial charge < -0.3 is 10.2 Å². The highest BCUT2D eigenvalue weighted by Gasteiger charge is 2.26. The maximum absolute atomic E-state index is 12.2. The lowest BCUT2D eigenvalue weighted by Crippen LogP contribution is -2.28. The van der Waals surface area contributed by atoms with Gasteiger partial charge in [-0.2, -0.15) is 0 Å². The molecule has 3 rings (SSSR count). The molecule has 5 nitrogen and oxygen atoms in total. The first-order valence-electron chi connectivity index (χ1n) is 6.81. The van der Waals surface area contributed by atoms with E-state index in [1.165, 1.54) is 0 Å². The van der Waals surface area contributed by atoms with Crippen molar-refractivity contribution in [3.8, 4) is 0 Å². The Morgan fingerprint density at radius 2 is 1.95 bits per heavy atom. The molecule has 0 bridgehead atoms. The van der Waals surface area contributed by atoms with E-state index >= 15 is 0 Å². The van der Waals surface area contributed by atoms with Crippen molar-refractivity contribution in [2.24, 2.45) is 0 Å². The number of fused-ring (bicyclic) bond motifs is 1. The average molecular weight is 281 g/mol. The van der Waals surface area contributed by atoms with Crippen LogP contribution in [0.2, 0.25) is 0 Å². The largest absolute Gasteiger partial charge is 0.334 e. The number of pyridine rings is 1. The van der Waals surface area contributed by atoms with Crippen LogP contribution in [0.5, 0.6) is 0 Å². The summed E-state index contributed by atoms with van der Waals surface area (Å²) in [5.74, 6) is -0.104. The third-order valence-corrected chi connectivity index (χ3v) is 3.47. The molecule has 0 saturated heterocycles. The molecule has 5 heteroatoms. The minimum Gasteiger partial charge on any atom is -0.334 e. The quantitative estimate of drug-likeness (QED) is 0.933. The van der Waals surface area contributed by atoms with Gasteiger partial charge in [-0.05, 0) is 23.8 Å². The summed E-state index contributed by atoms with van der Waals surface area (Å²) in [6.45, 7) is 1.00. The molecule has 0 spiro atoms. The lowest BCUT2D eigenvalue weighted by Gasteiger charge is -2.15. The Balaban J connectivity index is 1.55. The van der Waals surface area contributed by atoms with Gasteiger partial charge in [0.05, 0.1) is 0 Å². The van der Waals surface area contributed by atoms with Crippen LogP contribution in [0.15, 0.2) is 48.8 Å². The number of carbonyl (C=O) groups excluding carboxylic acids is 2. The fraction of sp³-hybridized carbons (Fsp3) is 0.188. The lowest BCUT2D eigenvalue weighted by molar-refractivity contribution is -0.116. The Morgan fingerprint density at radius 3 is 2.71 bits per heavy atom. The zero-order valence-electron chi connectivity index (χ0n) is 11.5. The molecular formula is C16H15N3O2. The number of aromatic nitrogens is 1. The maximum atomic E-state index is 12.2. The molecule has 1 aromatic carbocycles. The molecule has 1 aliphatic heterocycles. The van der Waals surface area contributed by atoms with Gasteiger partial charge in [0, 0.05) is 43.2 Å². The number of nitrogens with one attached hydrogen (secondary N) is 1. The summed E-state index contributed by atoms with van der Waals surface area (Å²) in [6.07, 6.45) is 3.52. The third-order valence-electron chi connectivity index (χ3n) is 3.47. The van der Waals surface area contributed by atoms with Crippen molar-refractivity contribution < 1.29 is 9.59 Å². The lowest BCUT2D eigenvalue weighted by atomic mass is 10.1. The van der Waals surface area contributed by atoms with Gasteiger partial charge in [0.2, 0.25) is 5.91 Å². The first kappa shape index (κ1) is 13.3. The van der Waals surface area contributed by atoms with E-state index in [1.807, 2.05) is 24.3 Å². The van der Waals surface area contributed by atoms with Gasteiger partial charge in [-0.15, -0.1) is 0 Å². The van der Waals surface area contributed by atoms with Gasteiger partial charge >= 0.3 is 0 Å².